The summed E-state index contributed by atoms with van der Waals surface area (Å²) in [5, 5.41) is 7.90. The van der Waals surface area contributed by atoms with Gasteiger partial charge in [0.1, 0.15) is 5.82 Å². The molecule has 0 fully saturated rings. The minimum absolute atomic E-state index is 0.202. The van der Waals surface area contributed by atoms with Gasteiger partial charge in [-0.25, -0.2) is 4.98 Å². The Morgan fingerprint density at radius 2 is 1.80 bits per heavy atom. The molecule has 0 aliphatic rings. The first-order chi connectivity index (χ1) is 19.4. The van der Waals surface area contributed by atoms with Gasteiger partial charge in [0.25, 0.3) is 5.91 Å². The number of nitrogens with zero attached hydrogens (tertiary/aromatic N) is 2. The number of fused-ring (bicyclic) bond motifs is 1. The Morgan fingerprint density at radius 1 is 1.02 bits per heavy atom. The monoisotopic (exact) mass is 550 g/mol. The van der Waals surface area contributed by atoms with Crippen LogP contribution in [0.1, 0.15) is 22.0 Å². The van der Waals surface area contributed by atoms with Gasteiger partial charge in [0.15, 0.2) is 0 Å². The van der Waals surface area contributed by atoms with Crippen molar-refractivity contribution in [2.45, 2.75) is 6.04 Å². The predicted molar refractivity (Wildman–Crippen MR) is 165 cm³/mol. The number of aromatic nitrogens is 2. The second-order valence-electron chi connectivity index (χ2n) is 9.77. The Balaban J connectivity index is 1.27. The van der Waals surface area contributed by atoms with E-state index >= 15 is 0 Å². The SMILES string of the molecule is CN(C)C/C=C/C(N)c1ccc(C(=O)Nc2cccc(Nc3ccc(Cl)c(-c4c[nH]c5ccccc45)n3)c2)cc1. The number of carbonyl (C=O) groups excluding carboxylic acids is 1. The van der Waals surface area contributed by atoms with Crippen LogP contribution in [0.2, 0.25) is 5.02 Å². The first kappa shape index (κ1) is 27.1. The highest BCUT2D eigenvalue weighted by molar-refractivity contribution is 6.33. The molecule has 0 aliphatic carbocycles. The third kappa shape index (κ3) is 6.40. The van der Waals surface area contributed by atoms with Crippen molar-refractivity contribution in [2.75, 3.05) is 31.3 Å². The lowest BCUT2D eigenvalue weighted by atomic mass is 10.0. The van der Waals surface area contributed by atoms with Crippen LogP contribution >= 0.6 is 11.6 Å². The fourth-order valence-electron chi connectivity index (χ4n) is 4.38. The minimum Gasteiger partial charge on any atom is -0.360 e. The van der Waals surface area contributed by atoms with Crippen molar-refractivity contribution < 1.29 is 4.79 Å². The number of nitrogens with one attached hydrogen (secondary N) is 3. The number of halogens is 1. The van der Waals surface area contributed by atoms with Crippen LogP contribution in [0.15, 0.2) is 103 Å². The van der Waals surface area contributed by atoms with Crippen molar-refractivity contribution in [3.05, 3.63) is 119 Å². The number of H-pyrrole nitrogens is 1. The van der Waals surface area contributed by atoms with Gasteiger partial charge < -0.3 is 26.3 Å². The van der Waals surface area contributed by atoms with Gasteiger partial charge in [-0.05, 0) is 68.2 Å². The van der Waals surface area contributed by atoms with Crippen LogP contribution in [0.3, 0.4) is 0 Å². The number of anilines is 3. The molecule has 40 heavy (non-hydrogen) atoms. The zero-order valence-electron chi connectivity index (χ0n) is 22.4. The van der Waals surface area contributed by atoms with Crippen molar-refractivity contribution in [2.24, 2.45) is 5.73 Å². The molecule has 8 heteroatoms. The Labute approximate surface area is 238 Å². The summed E-state index contributed by atoms with van der Waals surface area (Å²) in [6.45, 7) is 0.821. The number of hydrogen-bond donors (Lipinski definition) is 4. The number of likely N-dealkylation sites (N-methyl/N-ethyl adjacent to an activating group) is 1. The normalized spacial score (nSPS) is 12.2. The van der Waals surface area contributed by atoms with Crippen LogP contribution < -0.4 is 16.4 Å². The van der Waals surface area contributed by atoms with Crippen LogP contribution in [0.4, 0.5) is 17.2 Å². The maximum atomic E-state index is 12.9. The maximum absolute atomic E-state index is 12.9. The fourth-order valence-corrected chi connectivity index (χ4v) is 4.59. The van der Waals surface area contributed by atoms with Gasteiger partial charge in [0, 0.05) is 52.2 Å². The molecule has 1 amide bonds. The lowest BCUT2D eigenvalue weighted by Gasteiger charge is -2.12. The molecule has 202 valence electrons. The Bertz CT molecular complexity index is 1660. The van der Waals surface area contributed by atoms with E-state index in [1.54, 1.807) is 12.1 Å². The van der Waals surface area contributed by atoms with Gasteiger partial charge in [0.05, 0.1) is 10.7 Å². The molecule has 0 saturated carbocycles. The number of benzene rings is 3. The predicted octanol–water partition coefficient (Wildman–Crippen LogP) is 7.00. The zero-order chi connectivity index (χ0) is 28.1. The summed E-state index contributed by atoms with van der Waals surface area (Å²) in [5.74, 6) is 0.436. The highest BCUT2D eigenvalue weighted by Gasteiger charge is 2.13. The third-order valence-corrected chi connectivity index (χ3v) is 6.76. The number of pyridine rings is 1. The lowest BCUT2D eigenvalue weighted by Crippen LogP contribution is -2.14. The Hall–Kier alpha value is -4.43. The molecule has 0 aliphatic heterocycles. The zero-order valence-corrected chi connectivity index (χ0v) is 23.1. The van der Waals surface area contributed by atoms with E-state index in [4.69, 9.17) is 22.3 Å². The summed E-state index contributed by atoms with van der Waals surface area (Å²) in [6, 6.07) is 26.3. The second-order valence-corrected chi connectivity index (χ2v) is 10.2. The summed E-state index contributed by atoms with van der Waals surface area (Å²) in [4.78, 5) is 23.0. The molecule has 3 aromatic carbocycles. The molecule has 1 atom stereocenters. The molecule has 5 aromatic rings. The quantitative estimate of drug-likeness (QED) is 0.148. The van der Waals surface area contributed by atoms with E-state index in [1.165, 1.54) is 0 Å². The average Bonchev–Trinajstić information content (AvgIpc) is 3.38. The van der Waals surface area contributed by atoms with E-state index in [1.807, 2.05) is 105 Å². The van der Waals surface area contributed by atoms with E-state index < -0.39 is 0 Å². The molecule has 5 rings (SSSR count). The topological polar surface area (TPSA) is 99.1 Å². The van der Waals surface area contributed by atoms with Crippen molar-refractivity contribution in [3.8, 4) is 11.3 Å². The standard InChI is InChI=1S/C32H31ClN6O/c1-39(2)18-6-10-28(34)21-12-14-22(15-13-21)32(40)37-24-8-5-7-23(19-24)36-30-17-16-27(33)31(38-30)26-20-35-29-11-4-3-9-25(26)29/h3-17,19-20,28,35H,18,34H2,1-2H3,(H,36,38)(H,37,40)/b10-6+. The molecule has 0 bridgehead atoms. The Morgan fingerprint density at radius 3 is 2.60 bits per heavy atom. The highest BCUT2D eigenvalue weighted by atomic mass is 35.5. The van der Waals surface area contributed by atoms with Crippen LogP contribution in [-0.2, 0) is 0 Å². The fraction of sp³-hybridized carbons (Fsp3) is 0.125. The maximum Gasteiger partial charge on any atom is 0.255 e. The molecular weight excluding hydrogens is 520 g/mol. The summed E-state index contributed by atoms with van der Waals surface area (Å²) >= 11 is 6.53. The van der Waals surface area contributed by atoms with Crippen LogP contribution in [0, 0.1) is 0 Å². The summed E-state index contributed by atoms with van der Waals surface area (Å²) in [6.07, 6.45) is 5.92. The smallest absolute Gasteiger partial charge is 0.255 e. The molecule has 0 spiro atoms. The number of hydrogen-bond acceptors (Lipinski definition) is 5. The van der Waals surface area contributed by atoms with Gasteiger partial charge >= 0.3 is 0 Å². The molecule has 0 saturated heterocycles. The number of nitrogens with two attached hydrogens (primary N) is 1. The van der Waals surface area contributed by atoms with E-state index in [9.17, 15) is 4.79 Å². The summed E-state index contributed by atoms with van der Waals surface area (Å²) in [5.41, 5.74) is 11.8. The van der Waals surface area contributed by atoms with Crippen LogP contribution in [-0.4, -0.2) is 41.4 Å². The van der Waals surface area contributed by atoms with Gasteiger partial charge in [-0.1, -0.05) is 60.2 Å². The lowest BCUT2D eigenvalue weighted by molar-refractivity contribution is 0.102. The van der Waals surface area contributed by atoms with Crippen LogP contribution in [0.25, 0.3) is 22.2 Å². The summed E-state index contributed by atoms with van der Waals surface area (Å²) in [7, 11) is 4.01. The van der Waals surface area contributed by atoms with Gasteiger partial charge in [-0.3, -0.25) is 4.79 Å². The van der Waals surface area contributed by atoms with Crippen LogP contribution in [0.5, 0.6) is 0 Å². The average molecular weight is 551 g/mol. The highest BCUT2D eigenvalue weighted by Crippen LogP contribution is 2.33. The number of amides is 1. The first-order valence-corrected chi connectivity index (χ1v) is 13.3. The second kappa shape index (κ2) is 12.2. The van der Waals surface area contributed by atoms with Gasteiger partial charge in [0.2, 0.25) is 0 Å². The molecule has 1 unspecified atom stereocenters. The number of para-hydroxylation sites is 1. The molecule has 7 nitrogen and oxygen atoms in total. The summed E-state index contributed by atoms with van der Waals surface area (Å²) < 4.78 is 0. The number of carbonyl (C=O) groups is 1. The first-order valence-electron chi connectivity index (χ1n) is 13.0. The van der Waals surface area contributed by atoms with E-state index in [0.29, 0.717) is 27.8 Å². The van der Waals surface area contributed by atoms with Crippen molar-refractivity contribution in [1.82, 2.24) is 14.9 Å². The third-order valence-electron chi connectivity index (χ3n) is 6.45. The molecule has 5 N–H and O–H groups in total. The Kier molecular flexibility index (Phi) is 8.26. The van der Waals surface area contributed by atoms with Gasteiger partial charge in [-0.2, -0.15) is 0 Å². The van der Waals surface area contributed by atoms with Gasteiger partial charge in [-0.15, -0.1) is 0 Å². The molecule has 0 radical (unpaired) electrons. The van der Waals surface area contributed by atoms with E-state index in [2.05, 4.69) is 20.5 Å². The van der Waals surface area contributed by atoms with E-state index in [0.717, 1.165) is 34.3 Å². The van der Waals surface area contributed by atoms with Crippen molar-refractivity contribution in [1.29, 1.82) is 0 Å². The van der Waals surface area contributed by atoms with E-state index in [-0.39, 0.29) is 11.9 Å². The number of aromatic amines is 1. The largest absolute Gasteiger partial charge is 0.360 e. The minimum atomic E-state index is -0.224. The van der Waals surface area contributed by atoms with Crippen molar-refractivity contribution >= 4 is 45.6 Å². The molecular formula is C32H31ClN6O. The van der Waals surface area contributed by atoms with Crippen molar-refractivity contribution in [3.63, 3.8) is 0 Å². The number of rotatable bonds is 9. The molecule has 2 aromatic heterocycles. The molecule has 2 heterocycles.